The first-order valence-electron chi connectivity index (χ1n) is 17.3. The lowest BCUT2D eigenvalue weighted by Gasteiger charge is -2.42. The number of benzene rings is 1. The Kier molecular flexibility index (Phi) is 8.82. The minimum absolute atomic E-state index is 0.0166. The van der Waals surface area contributed by atoms with Gasteiger partial charge in [-0.3, -0.25) is 14.8 Å². The summed E-state index contributed by atoms with van der Waals surface area (Å²) in [5.74, 6) is 0.610. The molecule has 4 saturated heterocycles. The number of rotatable bonds is 9. The van der Waals surface area contributed by atoms with Crippen LogP contribution in [0.25, 0.3) is 22.2 Å². The van der Waals surface area contributed by atoms with Gasteiger partial charge < -0.3 is 23.8 Å². The fourth-order valence-electron chi connectivity index (χ4n) is 8.16. The van der Waals surface area contributed by atoms with Crippen molar-refractivity contribution < 1.29 is 28.1 Å². The summed E-state index contributed by atoms with van der Waals surface area (Å²) < 4.78 is 39.8. The van der Waals surface area contributed by atoms with E-state index in [1.807, 2.05) is 44.7 Å². The Morgan fingerprint density at radius 2 is 1.79 bits per heavy atom. The van der Waals surface area contributed by atoms with Crippen molar-refractivity contribution in [1.29, 1.82) is 0 Å². The lowest BCUT2D eigenvalue weighted by atomic mass is 9.95. The zero-order valence-corrected chi connectivity index (χ0v) is 28.8. The summed E-state index contributed by atoms with van der Waals surface area (Å²) in [4.78, 5) is 34.1. The number of nitrogens with zero attached hydrogens (tertiary/aromatic N) is 6. The average molecular weight is 663 g/mol. The molecule has 2 atom stereocenters. The van der Waals surface area contributed by atoms with Crippen molar-refractivity contribution in [3.8, 4) is 23.0 Å². The van der Waals surface area contributed by atoms with E-state index in [0.717, 1.165) is 57.2 Å². The number of hydrogen-bond acceptors (Lipinski definition) is 10. The predicted molar refractivity (Wildman–Crippen MR) is 180 cm³/mol. The number of anilines is 1. The molecule has 0 N–H and O–H groups in total. The third-order valence-electron chi connectivity index (χ3n) is 10.4. The molecule has 0 saturated carbocycles. The van der Waals surface area contributed by atoms with Gasteiger partial charge in [0.15, 0.2) is 12.6 Å². The Hall–Kier alpha value is -3.77. The van der Waals surface area contributed by atoms with Gasteiger partial charge in [0.2, 0.25) is 0 Å². The van der Waals surface area contributed by atoms with Crippen molar-refractivity contribution in [2.45, 2.75) is 95.9 Å². The van der Waals surface area contributed by atoms with E-state index in [1.54, 1.807) is 19.4 Å². The minimum Gasteiger partial charge on any atom is -0.468 e. The molecule has 7 rings (SSSR count). The van der Waals surface area contributed by atoms with Gasteiger partial charge in [0, 0.05) is 32.0 Å². The molecule has 258 valence electrons. The van der Waals surface area contributed by atoms with E-state index < -0.39 is 11.4 Å². The van der Waals surface area contributed by atoms with Gasteiger partial charge in [-0.1, -0.05) is 13.0 Å². The summed E-state index contributed by atoms with van der Waals surface area (Å²) in [6.45, 7) is 11.5. The first kappa shape index (κ1) is 32.8. The monoisotopic (exact) mass is 662 g/mol. The Morgan fingerprint density at radius 3 is 2.46 bits per heavy atom. The first-order chi connectivity index (χ1) is 23.1. The number of halogens is 1. The number of aromatic nitrogens is 3. The lowest BCUT2D eigenvalue weighted by molar-refractivity contribution is 0.0122. The minimum atomic E-state index is -0.579. The van der Waals surface area contributed by atoms with E-state index in [9.17, 15) is 4.79 Å². The highest BCUT2D eigenvalue weighted by atomic mass is 19.1. The SMILES string of the molecule is CCc1ccc(OCOC)cc1-c1ncc2c(N3C[C@H]4CC[C@@H](C3)N4C(=O)OC(C)(C)C)nc(OCC34CCCN3CCC4)nc2c1F. The fourth-order valence-corrected chi connectivity index (χ4v) is 8.16. The highest BCUT2D eigenvalue weighted by molar-refractivity contribution is 5.92. The molecule has 12 heteroatoms. The maximum Gasteiger partial charge on any atom is 0.410 e. The van der Waals surface area contributed by atoms with Crippen LogP contribution in [0.2, 0.25) is 0 Å². The molecule has 4 aliphatic heterocycles. The molecule has 48 heavy (non-hydrogen) atoms. The van der Waals surface area contributed by atoms with Crippen LogP contribution in [-0.2, 0) is 15.9 Å². The Labute approximate surface area is 281 Å². The van der Waals surface area contributed by atoms with E-state index in [2.05, 4.69) is 14.8 Å². The first-order valence-corrected chi connectivity index (χ1v) is 17.3. The average Bonchev–Trinajstić information content (AvgIpc) is 3.72. The molecule has 2 bridgehead atoms. The Bertz CT molecular complexity index is 1660. The van der Waals surface area contributed by atoms with Gasteiger partial charge in [0.05, 0.1) is 23.0 Å². The lowest BCUT2D eigenvalue weighted by Crippen LogP contribution is -2.57. The van der Waals surface area contributed by atoms with Gasteiger partial charge >= 0.3 is 12.1 Å². The topological polar surface area (TPSA) is 102 Å². The van der Waals surface area contributed by atoms with Crippen LogP contribution in [0.4, 0.5) is 15.0 Å². The van der Waals surface area contributed by atoms with Gasteiger partial charge in [0.25, 0.3) is 0 Å². The normalized spacial score (nSPS) is 22.0. The van der Waals surface area contributed by atoms with E-state index in [1.165, 1.54) is 0 Å². The van der Waals surface area contributed by atoms with Crippen molar-refractivity contribution >= 4 is 22.8 Å². The summed E-state index contributed by atoms with van der Waals surface area (Å²) in [6.07, 6.45) is 8.25. The summed E-state index contributed by atoms with van der Waals surface area (Å²) in [5, 5.41) is 0.514. The Morgan fingerprint density at radius 1 is 1.06 bits per heavy atom. The maximum absolute atomic E-state index is 16.9. The van der Waals surface area contributed by atoms with E-state index >= 15 is 4.39 Å². The zero-order chi connectivity index (χ0) is 33.6. The number of hydrogen-bond donors (Lipinski definition) is 0. The largest absolute Gasteiger partial charge is 0.468 e. The number of fused-ring (bicyclic) bond motifs is 4. The van der Waals surface area contributed by atoms with Crippen LogP contribution < -0.4 is 14.4 Å². The summed E-state index contributed by atoms with van der Waals surface area (Å²) in [5.41, 5.74) is 1.35. The molecule has 0 spiro atoms. The van der Waals surface area contributed by atoms with Crippen molar-refractivity contribution in [2.75, 3.05) is 51.6 Å². The predicted octanol–water partition coefficient (Wildman–Crippen LogP) is 5.97. The number of carbonyl (C=O) groups excluding carboxylic acids is 1. The highest BCUT2D eigenvalue weighted by Gasteiger charge is 2.46. The van der Waals surface area contributed by atoms with Crippen molar-refractivity contribution in [3.05, 3.63) is 35.8 Å². The van der Waals surface area contributed by atoms with Crippen molar-refractivity contribution in [1.82, 2.24) is 24.8 Å². The van der Waals surface area contributed by atoms with Crippen LogP contribution >= 0.6 is 0 Å². The fraction of sp³-hybridized carbons (Fsp3) is 0.611. The molecule has 0 aliphatic carbocycles. The third kappa shape index (κ3) is 6.13. The molecule has 4 aliphatic rings. The molecule has 6 heterocycles. The number of pyridine rings is 1. The third-order valence-corrected chi connectivity index (χ3v) is 10.4. The van der Waals surface area contributed by atoms with Crippen LogP contribution in [0.3, 0.4) is 0 Å². The summed E-state index contributed by atoms with van der Waals surface area (Å²) in [7, 11) is 1.56. The van der Waals surface area contributed by atoms with Crippen LogP contribution in [0.15, 0.2) is 24.4 Å². The highest BCUT2D eigenvalue weighted by Crippen LogP contribution is 2.41. The summed E-state index contributed by atoms with van der Waals surface area (Å²) >= 11 is 0. The van der Waals surface area contributed by atoms with Crippen LogP contribution in [-0.4, -0.2) is 101 Å². The van der Waals surface area contributed by atoms with E-state index in [0.29, 0.717) is 48.6 Å². The second-order valence-electron chi connectivity index (χ2n) is 14.6. The molecule has 11 nitrogen and oxygen atoms in total. The number of carbonyl (C=O) groups is 1. The zero-order valence-electron chi connectivity index (χ0n) is 28.8. The Balaban J connectivity index is 1.27. The van der Waals surface area contributed by atoms with Gasteiger partial charge in [0.1, 0.15) is 35.0 Å². The number of aryl methyl sites for hydroxylation is 1. The van der Waals surface area contributed by atoms with E-state index in [4.69, 9.17) is 28.9 Å². The van der Waals surface area contributed by atoms with Gasteiger partial charge in [-0.25, -0.2) is 9.18 Å². The molecular weight excluding hydrogens is 615 g/mol. The van der Waals surface area contributed by atoms with Crippen LogP contribution in [0, 0.1) is 5.82 Å². The maximum atomic E-state index is 16.9. The van der Waals surface area contributed by atoms with Gasteiger partial charge in [-0.2, -0.15) is 9.97 Å². The molecule has 0 radical (unpaired) electrons. The van der Waals surface area contributed by atoms with Crippen LogP contribution in [0.1, 0.15) is 71.8 Å². The van der Waals surface area contributed by atoms with E-state index in [-0.39, 0.29) is 47.7 Å². The molecule has 1 aromatic carbocycles. The number of ether oxygens (including phenoxy) is 4. The number of amides is 1. The molecular formula is C36H47FN6O5. The number of methoxy groups -OCH3 is 1. The van der Waals surface area contributed by atoms with Gasteiger partial charge in [-0.15, -0.1) is 0 Å². The molecule has 2 aromatic heterocycles. The smallest absolute Gasteiger partial charge is 0.410 e. The van der Waals surface area contributed by atoms with Crippen molar-refractivity contribution in [3.63, 3.8) is 0 Å². The number of piperazine rings is 1. The van der Waals surface area contributed by atoms with Crippen LogP contribution in [0.5, 0.6) is 11.8 Å². The summed E-state index contributed by atoms with van der Waals surface area (Å²) in [6, 6.07) is 5.66. The quantitative estimate of drug-likeness (QED) is 0.255. The second-order valence-corrected chi connectivity index (χ2v) is 14.6. The standard InChI is InChI=1S/C36H47FN6O5/c1-6-23-9-12-26(47-22-45-5)17-27(23)30-29(37)31-28(18-38-30)32(40-33(39-31)46-21-36-13-7-15-42(36)16-8-14-36)41-19-24-10-11-25(20-41)43(24)34(44)48-35(2,3)4/h9,12,17-18,24-25H,6-8,10-11,13-16,19-22H2,1-5H3/t24-,25+. The molecule has 1 amide bonds. The molecule has 3 aromatic rings. The van der Waals surface area contributed by atoms with Crippen molar-refractivity contribution in [2.24, 2.45) is 0 Å². The second kappa shape index (κ2) is 12.9. The van der Waals surface area contributed by atoms with Gasteiger partial charge in [-0.05, 0) is 96.5 Å². The molecule has 4 fully saturated rings. The molecule has 0 unspecified atom stereocenters.